The van der Waals surface area contributed by atoms with Crippen molar-refractivity contribution >= 4 is 28.7 Å². The summed E-state index contributed by atoms with van der Waals surface area (Å²) in [6, 6.07) is 5.69. The maximum absolute atomic E-state index is 14.5. The third kappa shape index (κ3) is 5.74. The number of pyridine rings is 1. The van der Waals surface area contributed by atoms with E-state index in [-0.39, 0.29) is 17.3 Å². The average Bonchev–Trinajstić information content (AvgIpc) is 3.49. The zero-order valence-corrected chi connectivity index (χ0v) is 19.9. The number of furan rings is 1. The summed E-state index contributed by atoms with van der Waals surface area (Å²) in [5.74, 6) is 0.615. The largest absolute Gasteiger partial charge is 0.472 e. The number of nitrogens with zero attached hydrogens (tertiary/aromatic N) is 3. The zero-order valence-electron chi connectivity index (χ0n) is 19.1. The lowest BCUT2D eigenvalue weighted by Gasteiger charge is -2.29. The van der Waals surface area contributed by atoms with Crippen LogP contribution in [0, 0.1) is 11.9 Å². The van der Waals surface area contributed by atoms with E-state index < -0.39 is 5.95 Å². The lowest BCUT2D eigenvalue weighted by atomic mass is 9.84. The molecule has 1 N–H and O–H groups in total. The van der Waals surface area contributed by atoms with Crippen LogP contribution in [0.4, 0.5) is 4.39 Å². The molecule has 0 bridgehead atoms. The molecule has 35 heavy (non-hydrogen) atoms. The number of aromatic nitrogens is 3. The SMILES string of the molecule is O=C1CC(=O)/C(=C/c2ccnc(CC3CCC(NCc4c(-c5ccoc5)ccnc4F)CC3)n2)S1. The Bertz CT molecular complexity index is 1250. The number of thioether (sulfide) groups is 1. The molecule has 180 valence electrons. The zero-order chi connectivity index (χ0) is 24.2. The number of hydrogen-bond donors (Lipinski definition) is 1. The average molecular weight is 493 g/mol. The van der Waals surface area contributed by atoms with Crippen molar-refractivity contribution in [1.82, 2.24) is 20.3 Å². The first-order valence-corrected chi connectivity index (χ1v) is 12.5. The van der Waals surface area contributed by atoms with Gasteiger partial charge in [0, 0.05) is 42.5 Å². The molecule has 0 spiro atoms. The monoisotopic (exact) mass is 492 g/mol. The standard InChI is InChI=1S/C26H25FN4O3S/c27-26-21(20(6-9-29-26)17-7-10-34-15-17)14-30-18-3-1-16(2-4-18)11-24-28-8-5-19(31-24)12-23-22(32)13-25(33)35-23/h5-10,12,15-16,18,30H,1-4,11,13-14H2/b23-12-. The number of allylic oxidation sites excluding steroid dienone is 1. The molecular formula is C26H25FN4O3S. The molecular weight excluding hydrogens is 467 g/mol. The Morgan fingerprint density at radius 3 is 2.69 bits per heavy atom. The van der Waals surface area contributed by atoms with E-state index in [1.807, 2.05) is 12.1 Å². The van der Waals surface area contributed by atoms with E-state index in [1.165, 1.54) is 6.20 Å². The Morgan fingerprint density at radius 1 is 1.11 bits per heavy atom. The van der Waals surface area contributed by atoms with Crippen LogP contribution < -0.4 is 5.32 Å². The lowest BCUT2D eigenvalue weighted by molar-refractivity contribution is -0.119. The van der Waals surface area contributed by atoms with Gasteiger partial charge in [-0.3, -0.25) is 9.59 Å². The number of ketones is 1. The molecule has 4 heterocycles. The molecule has 3 aromatic heterocycles. The predicted molar refractivity (Wildman–Crippen MR) is 130 cm³/mol. The van der Waals surface area contributed by atoms with Gasteiger partial charge in [0.1, 0.15) is 5.82 Å². The normalized spacial score (nSPS) is 21.7. The summed E-state index contributed by atoms with van der Waals surface area (Å²) >= 11 is 0.987. The molecule has 5 rings (SSSR count). The highest BCUT2D eigenvalue weighted by molar-refractivity contribution is 8.18. The number of nitrogens with one attached hydrogen (secondary N) is 1. The van der Waals surface area contributed by atoms with Crippen LogP contribution in [0.15, 0.2) is 52.4 Å². The van der Waals surface area contributed by atoms with E-state index in [0.29, 0.717) is 34.7 Å². The van der Waals surface area contributed by atoms with Crippen LogP contribution >= 0.6 is 11.8 Å². The highest BCUT2D eigenvalue weighted by Crippen LogP contribution is 2.31. The van der Waals surface area contributed by atoms with Gasteiger partial charge in [-0.1, -0.05) is 0 Å². The second-order valence-corrected chi connectivity index (χ2v) is 10.0. The minimum atomic E-state index is -0.459. The molecule has 9 heteroatoms. The van der Waals surface area contributed by atoms with Gasteiger partial charge >= 0.3 is 0 Å². The van der Waals surface area contributed by atoms with Crippen molar-refractivity contribution < 1.29 is 18.4 Å². The second-order valence-electron chi connectivity index (χ2n) is 8.92. The summed E-state index contributed by atoms with van der Waals surface area (Å²) in [4.78, 5) is 36.6. The van der Waals surface area contributed by atoms with Crippen molar-refractivity contribution in [3.8, 4) is 11.1 Å². The Labute approximate surface area is 206 Å². The Balaban J connectivity index is 1.15. The molecule has 0 radical (unpaired) electrons. The van der Waals surface area contributed by atoms with E-state index in [4.69, 9.17) is 4.42 Å². The van der Waals surface area contributed by atoms with Crippen molar-refractivity contribution in [2.45, 2.75) is 51.1 Å². The molecule has 1 saturated carbocycles. The number of hydrogen-bond acceptors (Lipinski definition) is 8. The molecule has 2 aliphatic rings. The quantitative estimate of drug-likeness (QED) is 0.287. The van der Waals surface area contributed by atoms with Gasteiger partial charge in [-0.2, -0.15) is 4.39 Å². The van der Waals surface area contributed by atoms with Gasteiger partial charge in [-0.05, 0) is 73.2 Å². The fourth-order valence-corrected chi connectivity index (χ4v) is 5.48. The summed E-state index contributed by atoms with van der Waals surface area (Å²) in [5, 5.41) is 3.39. The summed E-state index contributed by atoms with van der Waals surface area (Å²) in [6.07, 6.45) is 12.8. The summed E-state index contributed by atoms with van der Waals surface area (Å²) in [5.41, 5.74) is 2.84. The van der Waals surface area contributed by atoms with Crippen LogP contribution in [0.5, 0.6) is 0 Å². The smallest absolute Gasteiger partial charge is 0.217 e. The van der Waals surface area contributed by atoms with E-state index in [2.05, 4.69) is 20.3 Å². The van der Waals surface area contributed by atoms with Gasteiger partial charge < -0.3 is 9.73 Å². The van der Waals surface area contributed by atoms with Crippen molar-refractivity contribution in [3.63, 3.8) is 0 Å². The van der Waals surface area contributed by atoms with E-state index in [0.717, 1.165) is 60.8 Å². The number of carbonyl (C=O) groups excluding carboxylic acids is 2. The molecule has 1 aliphatic heterocycles. The molecule has 0 unspecified atom stereocenters. The summed E-state index contributed by atoms with van der Waals surface area (Å²) < 4.78 is 19.6. The second kappa shape index (κ2) is 10.6. The lowest BCUT2D eigenvalue weighted by Crippen LogP contribution is -2.33. The van der Waals surface area contributed by atoms with Crippen molar-refractivity contribution in [2.24, 2.45) is 5.92 Å². The third-order valence-corrected chi connectivity index (χ3v) is 7.47. The number of rotatable bonds is 7. The first-order chi connectivity index (χ1) is 17.0. The molecule has 0 aromatic carbocycles. The number of carbonyl (C=O) groups is 2. The molecule has 1 aliphatic carbocycles. The van der Waals surface area contributed by atoms with Crippen LogP contribution in [0.1, 0.15) is 49.2 Å². The summed E-state index contributed by atoms with van der Waals surface area (Å²) in [7, 11) is 0. The topological polar surface area (TPSA) is 98.0 Å². The van der Waals surface area contributed by atoms with Crippen LogP contribution in [0.3, 0.4) is 0 Å². The third-order valence-electron chi connectivity index (χ3n) is 6.53. The van der Waals surface area contributed by atoms with Gasteiger partial charge in [0.2, 0.25) is 11.1 Å². The number of halogens is 1. The predicted octanol–water partition coefficient (Wildman–Crippen LogP) is 4.74. The van der Waals surface area contributed by atoms with Crippen LogP contribution in [0.25, 0.3) is 17.2 Å². The van der Waals surface area contributed by atoms with E-state index in [1.54, 1.807) is 30.9 Å². The number of Topliss-reactive ketones (excluding diaryl/α,β-unsaturated/α-hetero) is 1. The fraction of sp³-hybridized carbons (Fsp3) is 0.346. The van der Waals surface area contributed by atoms with Gasteiger partial charge in [-0.15, -0.1) is 0 Å². The van der Waals surface area contributed by atoms with E-state index >= 15 is 0 Å². The first-order valence-electron chi connectivity index (χ1n) is 11.7. The van der Waals surface area contributed by atoms with Crippen LogP contribution in [-0.2, 0) is 22.6 Å². The molecule has 7 nitrogen and oxygen atoms in total. The molecule has 2 fully saturated rings. The van der Waals surface area contributed by atoms with Crippen molar-refractivity contribution in [2.75, 3.05) is 0 Å². The highest BCUT2D eigenvalue weighted by Gasteiger charge is 2.26. The molecule has 0 atom stereocenters. The fourth-order valence-electron chi connectivity index (χ4n) is 4.67. The Kier molecular flexibility index (Phi) is 7.15. The van der Waals surface area contributed by atoms with Crippen LogP contribution in [-0.4, -0.2) is 31.9 Å². The minimum Gasteiger partial charge on any atom is -0.472 e. The summed E-state index contributed by atoms with van der Waals surface area (Å²) in [6.45, 7) is 0.411. The van der Waals surface area contributed by atoms with Crippen molar-refractivity contribution in [1.29, 1.82) is 0 Å². The van der Waals surface area contributed by atoms with Crippen LogP contribution in [0.2, 0.25) is 0 Å². The Hall–Kier alpha value is -3.17. The van der Waals surface area contributed by atoms with Crippen molar-refractivity contribution in [3.05, 3.63) is 71.1 Å². The molecule has 3 aromatic rings. The minimum absolute atomic E-state index is 0.0379. The van der Waals surface area contributed by atoms with E-state index in [9.17, 15) is 14.0 Å². The van der Waals surface area contributed by atoms with Gasteiger partial charge in [0.25, 0.3) is 0 Å². The first kappa shape index (κ1) is 23.6. The van der Waals surface area contributed by atoms with Gasteiger partial charge in [0.05, 0.1) is 29.5 Å². The highest BCUT2D eigenvalue weighted by atomic mass is 32.2. The molecule has 1 saturated heterocycles. The van der Waals surface area contributed by atoms with Gasteiger partial charge in [-0.25, -0.2) is 15.0 Å². The maximum atomic E-state index is 14.5. The molecule has 0 amide bonds. The Morgan fingerprint density at radius 2 is 1.94 bits per heavy atom. The maximum Gasteiger partial charge on any atom is 0.217 e. The van der Waals surface area contributed by atoms with Gasteiger partial charge in [0.15, 0.2) is 5.78 Å².